The molecule has 1 amide bonds. The van der Waals surface area contributed by atoms with Crippen molar-refractivity contribution < 1.29 is 9.53 Å². The number of hydrogen-bond acceptors (Lipinski definition) is 3. The molecule has 0 saturated heterocycles. The highest BCUT2D eigenvalue weighted by Crippen LogP contribution is 2.30. The Kier molecular flexibility index (Phi) is 5.68. The van der Waals surface area contributed by atoms with Crippen LogP contribution < -0.4 is 9.54 Å². The fraction of sp³-hybridized carbons (Fsp3) is 0.238. The third kappa shape index (κ3) is 3.78. The second-order valence-electron chi connectivity index (χ2n) is 5.99. The summed E-state index contributed by atoms with van der Waals surface area (Å²) in [5.41, 5.74) is 3.15. The highest BCUT2D eigenvalue weighted by atomic mass is 32.1. The highest BCUT2D eigenvalue weighted by Gasteiger charge is 2.13. The molecule has 26 heavy (non-hydrogen) atoms. The molecule has 5 heteroatoms. The van der Waals surface area contributed by atoms with E-state index in [1.54, 1.807) is 13.2 Å². The molecule has 0 spiro atoms. The van der Waals surface area contributed by atoms with Gasteiger partial charge in [0.05, 0.1) is 11.8 Å². The van der Waals surface area contributed by atoms with Crippen molar-refractivity contribution in [2.75, 3.05) is 7.11 Å². The van der Waals surface area contributed by atoms with Gasteiger partial charge in [-0.3, -0.25) is 4.79 Å². The number of carbonyl (C=O) groups is 1. The molecular weight excluding hydrogens is 344 g/mol. The predicted molar refractivity (Wildman–Crippen MR) is 107 cm³/mol. The molecule has 3 rings (SSSR count). The van der Waals surface area contributed by atoms with E-state index < -0.39 is 0 Å². The molecule has 0 unspecified atom stereocenters. The molecule has 0 aliphatic heterocycles. The first-order valence-corrected chi connectivity index (χ1v) is 9.44. The van der Waals surface area contributed by atoms with E-state index in [2.05, 4.69) is 23.4 Å². The van der Waals surface area contributed by atoms with Gasteiger partial charge >= 0.3 is 0 Å². The Balaban J connectivity index is 2.07. The Bertz CT molecular complexity index is 1010. The third-order valence-electron chi connectivity index (χ3n) is 4.08. The molecule has 0 N–H and O–H groups in total. The number of thiazole rings is 1. The van der Waals surface area contributed by atoms with Crippen LogP contribution in [0.25, 0.3) is 16.3 Å². The number of amides is 1. The van der Waals surface area contributed by atoms with Crippen molar-refractivity contribution in [1.29, 1.82) is 0 Å². The largest absolute Gasteiger partial charge is 0.495 e. The van der Waals surface area contributed by atoms with Crippen LogP contribution in [0.15, 0.2) is 53.5 Å². The van der Waals surface area contributed by atoms with Crippen LogP contribution in [-0.2, 0) is 11.3 Å². The molecule has 0 fully saturated rings. The highest BCUT2D eigenvalue weighted by molar-refractivity contribution is 7.16. The second kappa shape index (κ2) is 8.15. The van der Waals surface area contributed by atoms with E-state index in [4.69, 9.17) is 4.74 Å². The Morgan fingerprint density at radius 2 is 2.00 bits per heavy atom. The van der Waals surface area contributed by atoms with Crippen LogP contribution in [0.1, 0.15) is 24.5 Å². The third-order valence-corrected chi connectivity index (χ3v) is 5.29. The Hall–Kier alpha value is -2.66. The molecule has 4 nitrogen and oxygen atoms in total. The van der Waals surface area contributed by atoms with Gasteiger partial charge in [0.1, 0.15) is 11.3 Å². The molecule has 134 valence electrons. The number of hydrogen-bond donors (Lipinski definition) is 0. The number of methoxy groups -OCH3 is 1. The maximum absolute atomic E-state index is 12.4. The maximum atomic E-state index is 12.4. The van der Waals surface area contributed by atoms with Crippen LogP contribution in [-0.4, -0.2) is 17.6 Å². The summed E-state index contributed by atoms with van der Waals surface area (Å²) in [5.74, 6) is 0.547. The van der Waals surface area contributed by atoms with Crippen molar-refractivity contribution >= 4 is 33.5 Å². The van der Waals surface area contributed by atoms with Crippen molar-refractivity contribution in [1.82, 2.24) is 4.57 Å². The zero-order chi connectivity index (χ0) is 18.5. The molecule has 1 heterocycles. The lowest BCUT2D eigenvalue weighted by Gasteiger charge is -2.08. The van der Waals surface area contributed by atoms with Gasteiger partial charge in [-0.2, -0.15) is 4.99 Å². The van der Waals surface area contributed by atoms with Gasteiger partial charge in [0.15, 0.2) is 4.80 Å². The predicted octanol–water partition coefficient (Wildman–Crippen LogP) is 4.57. The zero-order valence-corrected chi connectivity index (χ0v) is 16.0. The summed E-state index contributed by atoms with van der Waals surface area (Å²) >= 11 is 1.53. The first kappa shape index (κ1) is 18.1. The lowest BCUT2D eigenvalue weighted by Crippen LogP contribution is -2.16. The molecule has 0 aliphatic rings. The van der Waals surface area contributed by atoms with E-state index in [-0.39, 0.29) is 5.91 Å². The van der Waals surface area contributed by atoms with Gasteiger partial charge in [0, 0.05) is 12.6 Å². The lowest BCUT2D eigenvalue weighted by molar-refractivity contribution is -0.113. The molecule has 0 atom stereocenters. The fourth-order valence-corrected chi connectivity index (χ4v) is 3.97. The normalized spacial score (nSPS) is 12.2. The topological polar surface area (TPSA) is 43.6 Å². The fourth-order valence-electron chi connectivity index (χ4n) is 2.82. The molecular formula is C21H22N2O2S. The number of aromatic nitrogens is 1. The SMILES string of the molecule is CCCn1c(=NC(=O)/C=C/c2ccccc2)sc2c(C)ccc(OC)c21. The maximum Gasteiger partial charge on any atom is 0.272 e. The molecule has 0 saturated carbocycles. The molecule has 0 aliphatic carbocycles. The zero-order valence-electron chi connectivity index (χ0n) is 15.2. The number of nitrogens with zero attached hydrogens (tertiary/aromatic N) is 2. The van der Waals surface area contributed by atoms with Gasteiger partial charge in [0.25, 0.3) is 5.91 Å². The number of fused-ring (bicyclic) bond motifs is 1. The Labute approximate surface area is 157 Å². The van der Waals surface area contributed by atoms with Crippen LogP contribution in [0.5, 0.6) is 5.75 Å². The number of ether oxygens (including phenoxy) is 1. The van der Waals surface area contributed by atoms with Gasteiger partial charge in [0.2, 0.25) is 0 Å². The van der Waals surface area contributed by atoms with E-state index in [9.17, 15) is 4.79 Å². The summed E-state index contributed by atoms with van der Waals surface area (Å²) in [6.07, 6.45) is 4.25. The summed E-state index contributed by atoms with van der Waals surface area (Å²) in [4.78, 5) is 17.4. The van der Waals surface area contributed by atoms with Gasteiger partial charge in [-0.05, 0) is 36.6 Å². The van der Waals surface area contributed by atoms with Crippen molar-refractivity contribution in [3.63, 3.8) is 0 Å². The number of rotatable bonds is 5. The molecule has 3 aromatic rings. The summed E-state index contributed by atoms with van der Waals surface area (Å²) in [6.45, 7) is 4.96. The Morgan fingerprint density at radius 3 is 2.69 bits per heavy atom. The van der Waals surface area contributed by atoms with Gasteiger partial charge in [-0.15, -0.1) is 0 Å². The van der Waals surface area contributed by atoms with Crippen LogP contribution >= 0.6 is 11.3 Å². The molecule has 1 aromatic heterocycles. The standard InChI is InChI=1S/C21H22N2O2S/c1-4-14-23-19-17(25-3)12-10-15(2)20(19)26-21(23)22-18(24)13-11-16-8-6-5-7-9-16/h5-13H,4,14H2,1-3H3/b13-11+,22-21?. The molecule has 0 bridgehead atoms. The first-order chi connectivity index (χ1) is 12.6. The average molecular weight is 366 g/mol. The van der Waals surface area contributed by atoms with Crippen molar-refractivity contribution in [2.24, 2.45) is 4.99 Å². The minimum atomic E-state index is -0.262. The lowest BCUT2D eigenvalue weighted by atomic mass is 10.2. The summed E-state index contributed by atoms with van der Waals surface area (Å²) in [5, 5.41) is 0. The minimum Gasteiger partial charge on any atom is -0.495 e. The number of benzene rings is 2. The summed E-state index contributed by atoms with van der Waals surface area (Å²) in [7, 11) is 1.67. The Morgan fingerprint density at radius 1 is 1.23 bits per heavy atom. The van der Waals surface area contributed by atoms with E-state index in [0.29, 0.717) is 4.80 Å². The van der Waals surface area contributed by atoms with Crippen LogP contribution in [0.2, 0.25) is 0 Å². The van der Waals surface area contributed by atoms with E-state index in [0.717, 1.165) is 40.1 Å². The average Bonchev–Trinajstić information content (AvgIpc) is 3.01. The van der Waals surface area contributed by atoms with Crippen molar-refractivity contribution in [3.05, 3.63) is 64.5 Å². The van der Waals surface area contributed by atoms with Crippen molar-refractivity contribution in [2.45, 2.75) is 26.8 Å². The van der Waals surface area contributed by atoms with E-state index in [1.165, 1.54) is 17.4 Å². The van der Waals surface area contributed by atoms with Crippen LogP contribution in [0.4, 0.5) is 0 Å². The van der Waals surface area contributed by atoms with Crippen molar-refractivity contribution in [3.8, 4) is 5.75 Å². The molecule has 2 aromatic carbocycles. The second-order valence-corrected chi connectivity index (χ2v) is 6.97. The molecule has 0 radical (unpaired) electrons. The van der Waals surface area contributed by atoms with E-state index in [1.807, 2.05) is 42.5 Å². The minimum absolute atomic E-state index is 0.262. The van der Waals surface area contributed by atoms with Crippen LogP contribution in [0, 0.1) is 6.92 Å². The van der Waals surface area contributed by atoms with Gasteiger partial charge in [-0.25, -0.2) is 0 Å². The van der Waals surface area contributed by atoms with Crippen LogP contribution in [0.3, 0.4) is 0 Å². The number of carbonyl (C=O) groups excluding carboxylic acids is 1. The quantitative estimate of drug-likeness (QED) is 0.621. The number of aryl methyl sites for hydroxylation is 2. The summed E-state index contributed by atoms with van der Waals surface area (Å²) in [6, 6.07) is 13.7. The monoisotopic (exact) mass is 366 g/mol. The smallest absolute Gasteiger partial charge is 0.272 e. The van der Waals surface area contributed by atoms with Gasteiger partial charge < -0.3 is 9.30 Å². The summed E-state index contributed by atoms with van der Waals surface area (Å²) < 4.78 is 8.73. The van der Waals surface area contributed by atoms with E-state index >= 15 is 0 Å². The van der Waals surface area contributed by atoms with Gasteiger partial charge in [-0.1, -0.05) is 54.7 Å². The first-order valence-electron chi connectivity index (χ1n) is 8.62.